The van der Waals surface area contributed by atoms with E-state index in [0.29, 0.717) is 5.17 Å². The fraction of sp³-hybridized carbons (Fsp3) is 0.526. The summed E-state index contributed by atoms with van der Waals surface area (Å²) in [5.41, 5.74) is 4.03. The van der Waals surface area contributed by atoms with Gasteiger partial charge in [0.05, 0.1) is 17.5 Å². The Balaban J connectivity index is 1.95. The van der Waals surface area contributed by atoms with E-state index in [-0.39, 0.29) is 48.0 Å². The third-order valence-corrected chi connectivity index (χ3v) is 8.15. The number of hydrogen-bond donors (Lipinski definition) is 1. The Labute approximate surface area is 169 Å². The van der Waals surface area contributed by atoms with E-state index in [1.165, 1.54) is 11.8 Å². The Morgan fingerprint density at radius 1 is 1.18 bits per heavy atom. The average Bonchev–Trinajstić information content (AvgIpc) is 2.98. The van der Waals surface area contributed by atoms with Crippen molar-refractivity contribution in [3.8, 4) is 0 Å². The number of anilines is 1. The van der Waals surface area contributed by atoms with Crippen molar-refractivity contribution in [1.82, 2.24) is 0 Å². The summed E-state index contributed by atoms with van der Waals surface area (Å²) in [6.45, 7) is 5.96. The summed E-state index contributed by atoms with van der Waals surface area (Å²) in [4.78, 5) is 29.1. The molecule has 0 spiro atoms. The molecule has 0 radical (unpaired) electrons. The van der Waals surface area contributed by atoms with Gasteiger partial charge in [-0.2, -0.15) is 4.99 Å². The topological polar surface area (TPSA) is 104 Å². The zero-order valence-corrected chi connectivity index (χ0v) is 17.8. The van der Waals surface area contributed by atoms with Crippen LogP contribution in [0.4, 0.5) is 5.69 Å². The van der Waals surface area contributed by atoms with Crippen LogP contribution in [-0.2, 0) is 19.4 Å². The van der Waals surface area contributed by atoms with Crippen molar-refractivity contribution in [3.63, 3.8) is 0 Å². The summed E-state index contributed by atoms with van der Waals surface area (Å²) in [5, 5.41) is 9.08. The fourth-order valence-corrected chi connectivity index (χ4v) is 7.85. The first-order valence-electron chi connectivity index (χ1n) is 9.15. The number of carbonyl (C=O) groups excluding carboxylic acids is 1. The fourth-order valence-electron chi connectivity index (χ4n) is 3.93. The first-order chi connectivity index (χ1) is 13.1. The van der Waals surface area contributed by atoms with Gasteiger partial charge in [-0.3, -0.25) is 9.59 Å². The van der Waals surface area contributed by atoms with Crippen molar-refractivity contribution < 1.29 is 23.1 Å². The van der Waals surface area contributed by atoms with Gasteiger partial charge in [0.25, 0.3) is 0 Å². The number of aliphatic carboxylic acids is 1. The molecule has 152 valence electrons. The summed E-state index contributed by atoms with van der Waals surface area (Å²) in [7, 11) is -3.12. The second-order valence-corrected chi connectivity index (χ2v) is 10.8. The highest BCUT2D eigenvalue weighted by molar-refractivity contribution is 8.16. The van der Waals surface area contributed by atoms with Crippen LogP contribution in [0.15, 0.2) is 17.1 Å². The minimum absolute atomic E-state index is 0.0453. The lowest BCUT2D eigenvalue weighted by Crippen LogP contribution is -2.38. The van der Waals surface area contributed by atoms with Gasteiger partial charge in [-0.05, 0) is 38.3 Å². The molecule has 2 saturated heterocycles. The Morgan fingerprint density at radius 2 is 1.82 bits per heavy atom. The SMILES string of the molecule is Cc1cc(C)c(N2C(=NC(=O)CCCC(=O)O)S[C@@H]3CS(=O)(=O)C[C@@H]32)c(C)c1. The van der Waals surface area contributed by atoms with E-state index in [9.17, 15) is 18.0 Å². The first-order valence-corrected chi connectivity index (χ1v) is 11.8. The number of carbonyl (C=O) groups is 2. The normalized spacial score (nSPS) is 24.5. The van der Waals surface area contributed by atoms with E-state index < -0.39 is 15.8 Å². The van der Waals surface area contributed by atoms with Crippen LogP contribution in [-0.4, -0.2) is 53.4 Å². The van der Waals surface area contributed by atoms with Gasteiger partial charge in [-0.25, -0.2) is 8.42 Å². The number of thioether (sulfide) groups is 1. The van der Waals surface area contributed by atoms with Crippen LogP contribution in [0.2, 0.25) is 0 Å². The van der Waals surface area contributed by atoms with E-state index in [0.717, 1.165) is 22.4 Å². The lowest BCUT2D eigenvalue weighted by Gasteiger charge is -2.28. The maximum absolute atomic E-state index is 12.3. The molecule has 2 aliphatic heterocycles. The zero-order chi connectivity index (χ0) is 20.6. The van der Waals surface area contributed by atoms with Crippen molar-refractivity contribution in [1.29, 1.82) is 0 Å². The molecule has 2 aliphatic rings. The molecule has 0 aromatic heterocycles. The van der Waals surface area contributed by atoms with Crippen LogP contribution >= 0.6 is 11.8 Å². The molecule has 2 atom stereocenters. The monoisotopic (exact) mass is 424 g/mol. The Kier molecular flexibility index (Phi) is 5.86. The van der Waals surface area contributed by atoms with Gasteiger partial charge in [-0.1, -0.05) is 29.5 Å². The highest BCUT2D eigenvalue weighted by Crippen LogP contribution is 2.43. The number of amidine groups is 1. The lowest BCUT2D eigenvalue weighted by atomic mass is 10.0. The van der Waals surface area contributed by atoms with E-state index in [1.807, 2.05) is 37.8 Å². The maximum Gasteiger partial charge on any atom is 0.303 e. The summed E-state index contributed by atoms with van der Waals surface area (Å²) >= 11 is 1.34. The van der Waals surface area contributed by atoms with Crippen molar-refractivity contribution in [2.45, 2.75) is 51.3 Å². The molecular weight excluding hydrogens is 400 g/mol. The molecule has 1 amide bonds. The minimum Gasteiger partial charge on any atom is -0.481 e. The van der Waals surface area contributed by atoms with E-state index in [4.69, 9.17) is 5.11 Å². The van der Waals surface area contributed by atoms with Gasteiger partial charge < -0.3 is 10.0 Å². The number of amides is 1. The number of rotatable bonds is 5. The van der Waals surface area contributed by atoms with E-state index >= 15 is 0 Å². The van der Waals surface area contributed by atoms with Crippen LogP contribution in [0.25, 0.3) is 0 Å². The molecule has 9 heteroatoms. The van der Waals surface area contributed by atoms with Gasteiger partial charge in [0.1, 0.15) is 0 Å². The zero-order valence-electron chi connectivity index (χ0n) is 16.1. The van der Waals surface area contributed by atoms with Crippen molar-refractivity contribution in [3.05, 3.63) is 28.8 Å². The van der Waals surface area contributed by atoms with Crippen LogP contribution in [0.1, 0.15) is 36.0 Å². The summed E-state index contributed by atoms with van der Waals surface area (Å²) in [6.07, 6.45) is 0.219. The third kappa shape index (κ3) is 4.41. The van der Waals surface area contributed by atoms with Gasteiger partial charge in [0.15, 0.2) is 15.0 Å². The van der Waals surface area contributed by atoms with Gasteiger partial charge in [0, 0.05) is 23.8 Å². The number of hydrogen-bond acceptors (Lipinski definition) is 5. The highest BCUT2D eigenvalue weighted by Gasteiger charge is 2.50. The third-order valence-electron chi connectivity index (χ3n) is 4.94. The van der Waals surface area contributed by atoms with E-state index in [1.54, 1.807) is 0 Å². The molecular formula is C19H24N2O5S2. The molecule has 2 fully saturated rings. The maximum atomic E-state index is 12.3. The van der Waals surface area contributed by atoms with Crippen molar-refractivity contribution in [2.75, 3.05) is 16.4 Å². The molecule has 1 N–H and O–H groups in total. The number of carboxylic acids is 1. The summed E-state index contributed by atoms with van der Waals surface area (Å²) in [6, 6.07) is 3.83. The number of carboxylic acid groups (broad SMARTS) is 1. The van der Waals surface area contributed by atoms with Crippen LogP contribution in [0, 0.1) is 20.8 Å². The number of aryl methyl sites for hydroxylation is 3. The predicted octanol–water partition coefficient (Wildman–Crippen LogP) is 2.47. The van der Waals surface area contributed by atoms with Crippen molar-refractivity contribution >= 4 is 44.3 Å². The average molecular weight is 425 g/mol. The molecule has 28 heavy (non-hydrogen) atoms. The molecule has 0 saturated carbocycles. The molecule has 0 unspecified atom stereocenters. The quantitative estimate of drug-likeness (QED) is 0.774. The van der Waals surface area contributed by atoms with Gasteiger partial charge >= 0.3 is 5.97 Å². The number of aliphatic imine (C=N–C) groups is 1. The van der Waals surface area contributed by atoms with Gasteiger partial charge in [-0.15, -0.1) is 0 Å². The lowest BCUT2D eigenvalue weighted by molar-refractivity contribution is -0.137. The smallest absolute Gasteiger partial charge is 0.303 e. The Bertz CT molecular complexity index is 932. The van der Waals surface area contributed by atoms with Gasteiger partial charge in [0.2, 0.25) is 5.91 Å². The molecule has 0 aliphatic carbocycles. The number of benzene rings is 1. The number of sulfone groups is 1. The van der Waals surface area contributed by atoms with Crippen LogP contribution < -0.4 is 4.90 Å². The molecule has 3 rings (SSSR count). The second kappa shape index (κ2) is 7.87. The molecule has 7 nitrogen and oxygen atoms in total. The summed E-state index contributed by atoms with van der Waals surface area (Å²) in [5.74, 6) is -1.19. The van der Waals surface area contributed by atoms with Crippen molar-refractivity contribution in [2.24, 2.45) is 4.99 Å². The first kappa shape index (κ1) is 20.9. The van der Waals surface area contributed by atoms with E-state index in [2.05, 4.69) is 4.99 Å². The molecule has 0 bridgehead atoms. The highest BCUT2D eigenvalue weighted by atomic mass is 32.2. The number of fused-ring (bicyclic) bond motifs is 1. The van der Waals surface area contributed by atoms with Crippen LogP contribution in [0.3, 0.4) is 0 Å². The second-order valence-electron chi connectivity index (χ2n) is 7.45. The Morgan fingerprint density at radius 3 is 2.43 bits per heavy atom. The standard InChI is InChI=1S/C19H24N2O5S2/c1-11-7-12(2)18(13(3)8-11)21-14-9-28(25,26)10-15(14)27-19(21)20-16(22)5-4-6-17(23)24/h7-8,14-15H,4-6,9-10H2,1-3H3,(H,23,24)/t14-,15+/m0/s1. The minimum atomic E-state index is -3.12. The Hall–Kier alpha value is -1.87. The molecule has 2 heterocycles. The van der Waals surface area contributed by atoms with Crippen LogP contribution in [0.5, 0.6) is 0 Å². The predicted molar refractivity (Wildman–Crippen MR) is 111 cm³/mol. The number of nitrogens with zero attached hydrogens (tertiary/aromatic N) is 2. The molecule has 1 aromatic rings. The largest absolute Gasteiger partial charge is 0.481 e. The molecule has 1 aromatic carbocycles. The summed E-state index contributed by atoms with van der Waals surface area (Å²) < 4.78 is 24.4.